The molecule has 0 bridgehead atoms. The summed E-state index contributed by atoms with van der Waals surface area (Å²) in [5, 5.41) is 1.70. The van der Waals surface area contributed by atoms with Gasteiger partial charge in [-0.05, 0) is 19.1 Å². The summed E-state index contributed by atoms with van der Waals surface area (Å²) in [4.78, 5) is 18.2. The molecule has 1 aliphatic carbocycles. The highest BCUT2D eigenvalue weighted by atomic mass is 32.1. The van der Waals surface area contributed by atoms with Crippen molar-refractivity contribution in [3.8, 4) is 10.6 Å². The number of benzene rings is 3. The number of fused-ring (bicyclic) bond motifs is 4. The third-order valence-electron chi connectivity index (χ3n) is 3.63. The van der Waals surface area contributed by atoms with Crippen molar-refractivity contribution in [3.05, 3.63) is 64.3 Å². The molecule has 2 aromatic rings. The Bertz CT molecular complexity index is 987. The van der Waals surface area contributed by atoms with Crippen molar-refractivity contribution >= 4 is 32.3 Å². The quantitative estimate of drug-likeness (QED) is 0.356. The van der Waals surface area contributed by atoms with E-state index in [1.54, 1.807) is 11.3 Å². The number of hydrogen-bond acceptors (Lipinski definition) is 3. The van der Waals surface area contributed by atoms with Crippen LogP contribution < -0.4 is 5.43 Å². The smallest absolute Gasteiger partial charge is 0.190 e. The molecule has 0 amide bonds. The van der Waals surface area contributed by atoms with Crippen molar-refractivity contribution in [1.82, 2.24) is 4.98 Å². The van der Waals surface area contributed by atoms with E-state index in [4.69, 9.17) is 4.98 Å². The van der Waals surface area contributed by atoms with Gasteiger partial charge in [-0.1, -0.05) is 36.4 Å². The number of nitrogens with zero attached hydrogens (tertiary/aromatic N) is 1. The third kappa shape index (κ3) is 1.50. The molecule has 2 aromatic carbocycles. The second-order valence-corrected chi connectivity index (χ2v) is 5.91. The molecule has 0 spiro atoms. The van der Waals surface area contributed by atoms with Crippen LogP contribution in [0, 0.1) is 6.92 Å². The molecule has 0 fully saturated rings. The first-order valence-corrected chi connectivity index (χ1v) is 7.28. The number of aromatic nitrogens is 1. The zero-order chi connectivity index (χ0) is 13.7. The fourth-order valence-electron chi connectivity index (χ4n) is 2.59. The molecule has 0 saturated carbocycles. The Morgan fingerprint density at radius 1 is 0.950 bits per heavy atom. The van der Waals surface area contributed by atoms with Gasteiger partial charge in [-0.15, -0.1) is 11.3 Å². The highest BCUT2D eigenvalue weighted by molar-refractivity contribution is 7.21. The summed E-state index contributed by atoms with van der Waals surface area (Å²) in [5.74, 6) is 0. The maximum absolute atomic E-state index is 12.5. The summed E-state index contributed by atoms with van der Waals surface area (Å²) in [6.07, 6.45) is 0. The molecule has 0 aromatic heterocycles. The van der Waals surface area contributed by atoms with Crippen molar-refractivity contribution in [2.45, 2.75) is 6.92 Å². The van der Waals surface area contributed by atoms with Gasteiger partial charge in [0, 0.05) is 16.3 Å². The molecule has 4 rings (SSSR count). The third-order valence-corrected chi connectivity index (χ3v) is 4.90. The van der Waals surface area contributed by atoms with Crippen molar-refractivity contribution in [1.29, 1.82) is 0 Å². The van der Waals surface area contributed by atoms with Gasteiger partial charge < -0.3 is 0 Å². The van der Waals surface area contributed by atoms with Crippen molar-refractivity contribution in [3.63, 3.8) is 0 Å². The van der Waals surface area contributed by atoms with E-state index in [1.807, 2.05) is 55.5 Å². The lowest BCUT2D eigenvalue weighted by Crippen LogP contribution is -2.08. The van der Waals surface area contributed by atoms with E-state index in [0.717, 1.165) is 37.1 Å². The van der Waals surface area contributed by atoms with Crippen molar-refractivity contribution < 1.29 is 0 Å². The standard InChI is InChI=1S/C17H11NOS/c1-10-16(19)12-7-3-2-6-11(12)15-17(10)20-14-9-5-4-8-13(14)18-15/h2-9H,1H3. The van der Waals surface area contributed by atoms with E-state index < -0.39 is 0 Å². The maximum Gasteiger partial charge on any atom is 0.190 e. The van der Waals surface area contributed by atoms with Gasteiger partial charge in [0.05, 0.1) is 20.8 Å². The lowest BCUT2D eigenvalue weighted by atomic mass is 10.0. The fourth-order valence-corrected chi connectivity index (χ4v) is 3.68. The minimum Gasteiger partial charge on any atom is -0.289 e. The van der Waals surface area contributed by atoms with E-state index in [0.29, 0.717) is 0 Å². The SMILES string of the molecule is Cc1c2sc3ccccc3nc-2c2ccccc2c1=O. The van der Waals surface area contributed by atoms with Gasteiger partial charge in [-0.2, -0.15) is 0 Å². The van der Waals surface area contributed by atoms with Crippen LogP contribution in [0.3, 0.4) is 0 Å². The van der Waals surface area contributed by atoms with E-state index in [9.17, 15) is 4.79 Å². The topological polar surface area (TPSA) is 30.0 Å². The largest absolute Gasteiger partial charge is 0.289 e. The van der Waals surface area contributed by atoms with Crippen molar-refractivity contribution in [2.24, 2.45) is 0 Å². The Kier molecular flexibility index (Phi) is 2.38. The molecule has 0 atom stereocenters. The first kappa shape index (κ1) is 11.6. The monoisotopic (exact) mass is 277 g/mol. The Morgan fingerprint density at radius 3 is 2.50 bits per heavy atom. The summed E-state index contributed by atoms with van der Waals surface area (Å²) in [7, 11) is 0. The maximum atomic E-state index is 12.5. The minimum atomic E-state index is 0.112. The molecule has 96 valence electrons. The van der Waals surface area contributed by atoms with Crippen LogP contribution in [0.15, 0.2) is 53.3 Å². The normalized spacial score (nSPS) is 11.4. The average Bonchev–Trinajstić information content (AvgIpc) is 2.51. The predicted molar refractivity (Wildman–Crippen MR) is 84.8 cm³/mol. The molecule has 2 nitrogen and oxygen atoms in total. The molecule has 3 heteroatoms. The summed E-state index contributed by atoms with van der Waals surface area (Å²) >= 11 is 1.64. The van der Waals surface area contributed by atoms with Crippen LogP contribution in [-0.4, -0.2) is 4.98 Å². The molecule has 1 heterocycles. The number of hydrogen-bond donors (Lipinski definition) is 0. The zero-order valence-electron chi connectivity index (χ0n) is 10.9. The first-order chi connectivity index (χ1) is 9.75. The summed E-state index contributed by atoms with van der Waals surface area (Å²) in [6, 6.07) is 15.8. The number of para-hydroxylation sites is 1. The van der Waals surface area contributed by atoms with Gasteiger partial charge in [0.15, 0.2) is 5.43 Å². The Morgan fingerprint density at radius 2 is 1.65 bits per heavy atom. The average molecular weight is 277 g/mol. The molecule has 0 saturated heterocycles. The van der Waals surface area contributed by atoms with Crippen LogP contribution in [0.25, 0.3) is 31.6 Å². The Hall–Kier alpha value is -2.26. The minimum absolute atomic E-state index is 0.112. The van der Waals surface area contributed by atoms with Gasteiger partial charge in [0.1, 0.15) is 0 Å². The van der Waals surface area contributed by atoms with Gasteiger partial charge in [0.2, 0.25) is 0 Å². The van der Waals surface area contributed by atoms with Crippen molar-refractivity contribution in [2.75, 3.05) is 0 Å². The molecule has 0 N–H and O–H groups in total. The Labute approximate surface area is 119 Å². The lowest BCUT2D eigenvalue weighted by molar-refractivity contribution is 1.38. The summed E-state index contributed by atoms with van der Waals surface area (Å²) < 4.78 is 1.11. The summed E-state index contributed by atoms with van der Waals surface area (Å²) in [6.45, 7) is 1.89. The molecule has 0 radical (unpaired) electrons. The van der Waals surface area contributed by atoms with Crippen LogP contribution in [0.4, 0.5) is 0 Å². The van der Waals surface area contributed by atoms with Crippen LogP contribution in [0.1, 0.15) is 5.56 Å². The lowest BCUT2D eigenvalue weighted by Gasteiger charge is -2.12. The van der Waals surface area contributed by atoms with Crippen LogP contribution in [0.5, 0.6) is 0 Å². The van der Waals surface area contributed by atoms with E-state index in [2.05, 4.69) is 0 Å². The van der Waals surface area contributed by atoms with Crippen LogP contribution >= 0.6 is 11.3 Å². The van der Waals surface area contributed by atoms with Gasteiger partial charge >= 0.3 is 0 Å². The second-order valence-electron chi connectivity index (χ2n) is 4.86. The van der Waals surface area contributed by atoms with Gasteiger partial charge in [0.25, 0.3) is 0 Å². The van der Waals surface area contributed by atoms with Gasteiger partial charge in [-0.3, -0.25) is 4.79 Å². The van der Waals surface area contributed by atoms with E-state index in [1.165, 1.54) is 0 Å². The molecule has 0 unspecified atom stereocenters. The fraction of sp³-hybridized carbons (Fsp3) is 0.0588. The zero-order valence-corrected chi connectivity index (χ0v) is 11.7. The molecular formula is C17H11NOS. The molecule has 2 aliphatic rings. The van der Waals surface area contributed by atoms with Gasteiger partial charge in [-0.25, -0.2) is 4.98 Å². The molecule has 20 heavy (non-hydrogen) atoms. The highest BCUT2D eigenvalue weighted by Crippen LogP contribution is 2.36. The highest BCUT2D eigenvalue weighted by Gasteiger charge is 2.17. The van der Waals surface area contributed by atoms with E-state index in [-0.39, 0.29) is 5.43 Å². The number of rotatable bonds is 0. The Balaban J connectivity index is 2.34. The second kappa shape index (κ2) is 4.12. The predicted octanol–water partition coefficient (Wildman–Crippen LogP) is 4.22. The summed E-state index contributed by atoms with van der Waals surface area (Å²) in [5.41, 5.74) is 2.82. The van der Waals surface area contributed by atoms with Crippen LogP contribution in [-0.2, 0) is 0 Å². The first-order valence-electron chi connectivity index (χ1n) is 6.46. The molecular weight excluding hydrogens is 266 g/mol. The molecule has 1 aliphatic heterocycles. The van der Waals surface area contributed by atoms with Crippen LogP contribution in [0.2, 0.25) is 0 Å². The van der Waals surface area contributed by atoms with E-state index >= 15 is 0 Å².